The standard InChI is InChI=1S/C34H39BrClN3O6/c1-5-17-37(24-13-15-25(16-14-24)44-8-4)31(41)27-28-32(42)39(22(7-3)20-40)30(34(28)19-26(35)29(27)45-34)33(43)38(18-6-2)23-11-9-21(36)10-12-23/h5-6,9-16,22,26-30,40H,1-2,7-8,17-20H2,3-4H3/t22-,26?,27-,28-,29-,30?,34?/m0/s1. The smallest absolute Gasteiger partial charge is 0.253 e. The number of nitrogens with zero attached hydrogens (tertiary/aromatic N) is 3. The van der Waals surface area contributed by atoms with Crippen LogP contribution in [0.1, 0.15) is 26.7 Å². The molecule has 3 aliphatic rings. The van der Waals surface area contributed by atoms with E-state index >= 15 is 0 Å². The van der Waals surface area contributed by atoms with Gasteiger partial charge in [-0.15, -0.1) is 13.2 Å². The Labute approximate surface area is 277 Å². The van der Waals surface area contributed by atoms with E-state index in [1.807, 2.05) is 13.8 Å². The Hall–Kier alpha value is -3.18. The fraction of sp³-hybridized carbons (Fsp3) is 0.441. The summed E-state index contributed by atoms with van der Waals surface area (Å²) in [6, 6.07) is 12.3. The van der Waals surface area contributed by atoms with E-state index in [-0.39, 0.29) is 42.2 Å². The molecule has 3 aliphatic heterocycles. The topological polar surface area (TPSA) is 99.6 Å². The van der Waals surface area contributed by atoms with Crippen LogP contribution < -0.4 is 14.5 Å². The van der Waals surface area contributed by atoms with Crippen LogP contribution in [0.4, 0.5) is 11.4 Å². The van der Waals surface area contributed by atoms with Gasteiger partial charge in [-0.3, -0.25) is 14.4 Å². The Bertz CT molecular complexity index is 1430. The number of aliphatic hydroxyl groups is 1. The van der Waals surface area contributed by atoms with E-state index in [4.69, 9.17) is 21.1 Å². The predicted octanol–water partition coefficient (Wildman–Crippen LogP) is 5.00. The second kappa shape index (κ2) is 13.7. The number of alkyl halides is 1. The van der Waals surface area contributed by atoms with Gasteiger partial charge >= 0.3 is 0 Å². The predicted molar refractivity (Wildman–Crippen MR) is 178 cm³/mol. The molecule has 5 rings (SSSR count). The van der Waals surface area contributed by atoms with Crippen LogP contribution in [0.3, 0.4) is 0 Å². The van der Waals surface area contributed by atoms with E-state index in [2.05, 4.69) is 29.1 Å². The molecule has 3 heterocycles. The first kappa shape index (κ1) is 33.2. The lowest BCUT2D eigenvalue weighted by Gasteiger charge is -2.39. The first-order valence-corrected chi connectivity index (χ1v) is 16.5. The van der Waals surface area contributed by atoms with Gasteiger partial charge in [-0.1, -0.05) is 46.6 Å². The molecule has 45 heavy (non-hydrogen) atoms. The van der Waals surface area contributed by atoms with E-state index in [9.17, 15) is 19.5 Å². The molecule has 0 radical (unpaired) electrons. The maximum atomic E-state index is 14.7. The van der Waals surface area contributed by atoms with Crippen molar-refractivity contribution in [3.05, 3.63) is 78.9 Å². The van der Waals surface area contributed by atoms with Gasteiger partial charge in [0.25, 0.3) is 5.91 Å². The van der Waals surface area contributed by atoms with E-state index in [1.54, 1.807) is 70.5 Å². The average molecular weight is 701 g/mol. The fourth-order valence-corrected chi connectivity index (χ4v) is 8.25. The Morgan fingerprint density at radius 1 is 1.09 bits per heavy atom. The minimum atomic E-state index is -1.29. The zero-order chi connectivity index (χ0) is 32.5. The number of amides is 3. The molecule has 2 aromatic rings. The van der Waals surface area contributed by atoms with Gasteiger partial charge in [0.1, 0.15) is 17.4 Å². The van der Waals surface area contributed by atoms with Crippen LogP contribution in [0.25, 0.3) is 0 Å². The van der Waals surface area contributed by atoms with E-state index in [1.165, 1.54) is 4.90 Å². The van der Waals surface area contributed by atoms with Gasteiger partial charge in [-0.25, -0.2) is 0 Å². The molecule has 1 spiro atoms. The van der Waals surface area contributed by atoms with Crippen molar-refractivity contribution >= 4 is 56.6 Å². The van der Waals surface area contributed by atoms with Crippen LogP contribution in [0.2, 0.25) is 5.02 Å². The second-order valence-electron chi connectivity index (χ2n) is 11.5. The summed E-state index contributed by atoms with van der Waals surface area (Å²) >= 11 is 9.89. The van der Waals surface area contributed by atoms with Crippen molar-refractivity contribution in [2.45, 2.75) is 55.3 Å². The molecule has 9 nitrogen and oxygen atoms in total. The summed E-state index contributed by atoms with van der Waals surface area (Å²) in [7, 11) is 0. The summed E-state index contributed by atoms with van der Waals surface area (Å²) < 4.78 is 12.3. The van der Waals surface area contributed by atoms with Crippen LogP contribution in [0, 0.1) is 11.8 Å². The lowest BCUT2D eigenvalue weighted by atomic mass is 9.70. The van der Waals surface area contributed by atoms with Crippen LogP contribution in [-0.2, 0) is 19.1 Å². The van der Waals surface area contributed by atoms with Crippen molar-refractivity contribution in [1.82, 2.24) is 4.90 Å². The van der Waals surface area contributed by atoms with Gasteiger partial charge in [0.2, 0.25) is 11.8 Å². The first-order chi connectivity index (χ1) is 21.7. The molecule has 2 bridgehead atoms. The summed E-state index contributed by atoms with van der Waals surface area (Å²) in [5.74, 6) is -2.15. The molecule has 11 heteroatoms. The highest BCUT2D eigenvalue weighted by Gasteiger charge is 2.77. The minimum absolute atomic E-state index is 0.171. The minimum Gasteiger partial charge on any atom is -0.494 e. The highest BCUT2D eigenvalue weighted by atomic mass is 79.9. The molecule has 1 N–H and O–H groups in total. The number of anilines is 2. The largest absolute Gasteiger partial charge is 0.494 e. The van der Waals surface area contributed by atoms with Gasteiger partial charge in [0.05, 0.1) is 37.2 Å². The number of halogens is 2. The van der Waals surface area contributed by atoms with Crippen LogP contribution in [-0.4, -0.2) is 82.6 Å². The Morgan fingerprint density at radius 2 is 1.67 bits per heavy atom. The maximum absolute atomic E-state index is 14.7. The lowest BCUT2D eigenvalue weighted by Crippen LogP contribution is -2.59. The number of likely N-dealkylation sites (tertiary alicyclic amines) is 1. The van der Waals surface area contributed by atoms with Gasteiger partial charge in [-0.05, 0) is 68.3 Å². The van der Waals surface area contributed by atoms with Gasteiger partial charge in [0.15, 0.2) is 0 Å². The molecule has 3 fully saturated rings. The van der Waals surface area contributed by atoms with Crippen LogP contribution in [0.5, 0.6) is 5.75 Å². The quantitative estimate of drug-likeness (QED) is 0.234. The Kier molecular flexibility index (Phi) is 10.1. The van der Waals surface area contributed by atoms with E-state index in [0.717, 1.165) is 0 Å². The number of hydrogen-bond acceptors (Lipinski definition) is 6. The average Bonchev–Trinajstić information content (AvgIpc) is 3.63. The summed E-state index contributed by atoms with van der Waals surface area (Å²) in [5.41, 5.74) is -0.0831. The summed E-state index contributed by atoms with van der Waals surface area (Å²) in [4.78, 5) is 48.2. The number of hydrogen-bond donors (Lipinski definition) is 1. The van der Waals surface area contributed by atoms with Crippen molar-refractivity contribution in [3.63, 3.8) is 0 Å². The molecular weight excluding hydrogens is 662 g/mol. The third-order valence-electron chi connectivity index (χ3n) is 9.07. The number of fused-ring (bicyclic) bond motifs is 1. The summed E-state index contributed by atoms with van der Waals surface area (Å²) in [6.45, 7) is 12.0. The van der Waals surface area contributed by atoms with Crippen molar-refractivity contribution in [2.75, 3.05) is 36.1 Å². The number of benzene rings is 2. The number of rotatable bonds is 13. The number of carbonyl (C=O) groups is 3. The van der Waals surface area contributed by atoms with Gasteiger partial charge < -0.3 is 29.3 Å². The SMILES string of the molecule is C=CCN(C(=O)C1N([C@@H](CC)CO)C(=O)[C@@H]2[C@H](C(=O)N(CC=C)c3ccc(OCC)cc3)[C@H]3OC12CC3Br)c1ccc(Cl)cc1. The summed E-state index contributed by atoms with van der Waals surface area (Å²) in [6.07, 6.45) is 3.36. The van der Waals surface area contributed by atoms with Crippen molar-refractivity contribution in [1.29, 1.82) is 0 Å². The Morgan fingerprint density at radius 3 is 2.20 bits per heavy atom. The molecule has 3 amide bonds. The maximum Gasteiger partial charge on any atom is 0.253 e. The lowest BCUT2D eigenvalue weighted by molar-refractivity contribution is -0.144. The molecule has 2 aromatic carbocycles. The molecule has 3 unspecified atom stereocenters. The van der Waals surface area contributed by atoms with Gasteiger partial charge in [-0.2, -0.15) is 0 Å². The van der Waals surface area contributed by atoms with E-state index in [0.29, 0.717) is 41.6 Å². The zero-order valence-corrected chi connectivity index (χ0v) is 27.8. The Balaban J connectivity index is 1.59. The molecular formula is C34H39BrClN3O6. The highest BCUT2D eigenvalue weighted by Crippen LogP contribution is 2.61. The van der Waals surface area contributed by atoms with Gasteiger partial charge in [0, 0.05) is 34.3 Å². The number of aliphatic hydroxyl groups excluding tert-OH is 1. The van der Waals surface area contributed by atoms with Crippen LogP contribution >= 0.6 is 27.5 Å². The van der Waals surface area contributed by atoms with Crippen LogP contribution in [0.15, 0.2) is 73.8 Å². The monoisotopic (exact) mass is 699 g/mol. The van der Waals surface area contributed by atoms with Crippen molar-refractivity contribution in [2.24, 2.45) is 11.8 Å². The fourth-order valence-electron chi connectivity index (χ4n) is 7.18. The van der Waals surface area contributed by atoms with E-state index < -0.39 is 35.6 Å². The number of carbonyl (C=O) groups excluding carboxylic acids is 3. The normalized spacial score (nSPS) is 27.2. The molecule has 3 saturated heterocycles. The molecule has 240 valence electrons. The summed E-state index contributed by atoms with van der Waals surface area (Å²) in [5, 5.41) is 10.9. The molecule has 0 aromatic heterocycles. The molecule has 0 saturated carbocycles. The number of ether oxygens (including phenoxy) is 2. The third kappa shape index (κ3) is 5.71. The highest BCUT2D eigenvalue weighted by molar-refractivity contribution is 9.09. The molecule has 0 aliphatic carbocycles. The van der Waals surface area contributed by atoms with Crippen molar-refractivity contribution in [3.8, 4) is 5.75 Å². The molecule has 7 atom stereocenters. The van der Waals surface area contributed by atoms with Crippen molar-refractivity contribution < 1.29 is 29.0 Å². The first-order valence-electron chi connectivity index (χ1n) is 15.2. The second-order valence-corrected chi connectivity index (χ2v) is 13.1. The third-order valence-corrected chi connectivity index (χ3v) is 10.2. The zero-order valence-electron chi connectivity index (χ0n) is 25.5.